The Morgan fingerprint density at radius 2 is 1.32 bits per heavy atom. The van der Waals surface area contributed by atoms with E-state index in [1.54, 1.807) is 0 Å². The van der Waals surface area contributed by atoms with Gasteiger partial charge in [-0.3, -0.25) is 9.59 Å². The molecule has 0 aliphatic carbocycles. The van der Waals surface area contributed by atoms with E-state index in [1.165, 1.54) is 38.5 Å². The van der Waals surface area contributed by atoms with Crippen molar-refractivity contribution < 1.29 is 19.4 Å². The van der Waals surface area contributed by atoms with Crippen LogP contribution in [0.25, 0.3) is 0 Å². The van der Waals surface area contributed by atoms with Gasteiger partial charge in [0.2, 0.25) is 0 Å². The molecule has 31 heavy (non-hydrogen) atoms. The lowest BCUT2D eigenvalue weighted by molar-refractivity contribution is -0.147. The predicted octanol–water partition coefficient (Wildman–Crippen LogP) is 8.16. The number of hydrogen-bond donors (Lipinski definition) is 1. The Kier molecular flexibility index (Phi) is 21.9. The van der Waals surface area contributed by atoms with Crippen LogP contribution in [0.3, 0.4) is 0 Å². The number of aliphatic carboxylic acids is 1. The van der Waals surface area contributed by atoms with Gasteiger partial charge in [0.1, 0.15) is 6.10 Å². The first-order chi connectivity index (χ1) is 15.1. The van der Waals surface area contributed by atoms with Crippen LogP contribution in [0, 0.1) is 0 Å². The van der Waals surface area contributed by atoms with Gasteiger partial charge in [-0.1, -0.05) is 83.4 Å². The third-order valence-electron chi connectivity index (χ3n) is 5.36. The topological polar surface area (TPSA) is 63.6 Å². The summed E-state index contributed by atoms with van der Waals surface area (Å²) in [6.07, 6.45) is 26.3. The molecule has 0 aromatic carbocycles. The quantitative estimate of drug-likeness (QED) is 0.106. The second-order valence-electron chi connectivity index (χ2n) is 8.51. The molecule has 0 fully saturated rings. The van der Waals surface area contributed by atoms with Crippen LogP contribution in [0.1, 0.15) is 129 Å². The van der Waals surface area contributed by atoms with Crippen molar-refractivity contribution in [1.29, 1.82) is 0 Å². The summed E-state index contributed by atoms with van der Waals surface area (Å²) in [6, 6.07) is 0. The molecule has 1 N–H and O–H groups in total. The van der Waals surface area contributed by atoms with Crippen molar-refractivity contribution >= 4 is 11.9 Å². The van der Waals surface area contributed by atoms with Crippen molar-refractivity contribution in [3.63, 3.8) is 0 Å². The molecule has 0 radical (unpaired) electrons. The molecule has 0 aromatic heterocycles. The van der Waals surface area contributed by atoms with Crippen molar-refractivity contribution in [1.82, 2.24) is 0 Å². The van der Waals surface area contributed by atoms with Gasteiger partial charge in [0.25, 0.3) is 0 Å². The van der Waals surface area contributed by atoms with Crippen LogP contribution in [0.2, 0.25) is 0 Å². The highest BCUT2D eigenvalue weighted by molar-refractivity contribution is 5.69. The minimum Gasteiger partial charge on any atom is -0.481 e. The van der Waals surface area contributed by atoms with Gasteiger partial charge >= 0.3 is 11.9 Å². The molecule has 0 rings (SSSR count). The molecule has 4 heteroatoms. The standard InChI is InChI=1S/C27H48O4/c1-3-5-7-9-10-11-12-13-14-20-24-27(30)31-25(21-17-8-6-4-2)22-18-15-16-19-23-26(28)29/h7,9,17,21,25H,3-6,8,10-16,18-20,22-24H2,1-2H3,(H,28,29)/b9-7-,21-17-. The van der Waals surface area contributed by atoms with E-state index in [0.717, 1.165) is 64.2 Å². The molecule has 0 heterocycles. The maximum atomic E-state index is 12.3. The van der Waals surface area contributed by atoms with Crippen LogP contribution in [-0.2, 0) is 14.3 Å². The van der Waals surface area contributed by atoms with Gasteiger partial charge in [0.05, 0.1) is 0 Å². The Morgan fingerprint density at radius 3 is 2.03 bits per heavy atom. The Hall–Kier alpha value is -1.58. The minimum atomic E-state index is -0.727. The molecule has 0 amide bonds. The molecular formula is C27H48O4. The summed E-state index contributed by atoms with van der Waals surface area (Å²) in [4.78, 5) is 22.8. The zero-order chi connectivity index (χ0) is 23.0. The first-order valence-corrected chi connectivity index (χ1v) is 12.8. The van der Waals surface area contributed by atoms with Crippen LogP contribution in [0.15, 0.2) is 24.3 Å². The zero-order valence-corrected chi connectivity index (χ0v) is 20.3. The van der Waals surface area contributed by atoms with E-state index in [1.807, 2.05) is 0 Å². The van der Waals surface area contributed by atoms with Crippen molar-refractivity contribution in [3.05, 3.63) is 24.3 Å². The van der Waals surface area contributed by atoms with Gasteiger partial charge in [0.15, 0.2) is 0 Å². The van der Waals surface area contributed by atoms with Crippen molar-refractivity contribution in [3.8, 4) is 0 Å². The molecule has 0 aliphatic rings. The highest BCUT2D eigenvalue weighted by Crippen LogP contribution is 2.14. The molecule has 0 spiro atoms. The highest BCUT2D eigenvalue weighted by Gasteiger charge is 2.11. The number of carbonyl (C=O) groups is 2. The van der Waals surface area contributed by atoms with E-state index >= 15 is 0 Å². The summed E-state index contributed by atoms with van der Waals surface area (Å²) in [5.41, 5.74) is 0. The normalized spacial score (nSPS) is 12.6. The fourth-order valence-electron chi connectivity index (χ4n) is 3.43. The van der Waals surface area contributed by atoms with Gasteiger partial charge in [-0.05, 0) is 57.4 Å². The van der Waals surface area contributed by atoms with Crippen molar-refractivity contribution in [2.45, 2.75) is 136 Å². The van der Waals surface area contributed by atoms with Gasteiger partial charge in [0, 0.05) is 12.8 Å². The number of esters is 1. The van der Waals surface area contributed by atoms with Crippen molar-refractivity contribution in [2.24, 2.45) is 0 Å². The monoisotopic (exact) mass is 436 g/mol. The van der Waals surface area contributed by atoms with Gasteiger partial charge in [-0.25, -0.2) is 0 Å². The third kappa shape index (κ3) is 22.9. The first kappa shape index (κ1) is 29.4. The Balaban J connectivity index is 4.00. The number of allylic oxidation sites excluding steroid dienone is 3. The fraction of sp³-hybridized carbons (Fsp3) is 0.778. The van der Waals surface area contributed by atoms with Crippen LogP contribution < -0.4 is 0 Å². The van der Waals surface area contributed by atoms with E-state index in [9.17, 15) is 9.59 Å². The summed E-state index contributed by atoms with van der Waals surface area (Å²) in [7, 11) is 0. The predicted molar refractivity (Wildman–Crippen MR) is 130 cm³/mol. The number of carboxylic acids is 1. The summed E-state index contributed by atoms with van der Waals surface area (Å²) in [6.45, 7) is 4.37. The number of rotatable bonds is 22. The molecule has 0 saturated heterocycles. The minimum absolute atomic E-state index is 0.0847. The van der Waals surface area contributed by atoms with Crippen LogP contribution in [-0.4, -0.2) is 23.1 Å². The first-order valence-electron chi connectivity index (χ1n) is 12.8. The van der Waals surface area contributed by atoms with Crippen LogP contribution in [0.4, 0.5) is 0 Å². The lowest BCUT2D eigenvalue weighted by Gasteiger charge is -2.14. The third-order valence-corrected chi connectivity index (χ3v) is 5.36. The Morgan fingerprint density at radius 1 is 0.710 bits per heavy atom. The second-order valence-corrected chi connectivity index (χ2v) is 8.51. The van der Waals surface area contributed by atoms with E-state index < -0.39 is 5.97 Å². The molecule has 0 aromatic rings. The lowest BCUT2D eigenvalue weighted by Crippen LogP contribution is -2.16. The Labute approximate surface area is 191 Å². The average molecular weight is 437 g/mol. The zero-order valence-electron chi connectivity index (χ0n) is 20.3. The summed E-state index contributed by atoms with van der Waals surface area (Å²) >= 11 is 0. The lowest BCUT2D eigenvalue weighted by atomic mass is 10.1. The SMILES string of the molecule is CCC/C=C\CCCCCCCC(=O)OC(/C=C\CCCC)CCCCCCC(=O)O. The van der Waals surface area contributed by atoms with E-state index in [2.05, 4.69) is 38.2 Å². The van der Waals surface area contributed by atoms with Gasteiger partial charge in [-0.15, -0.1) is 0 Å². The van der Waals surface area contributed by atoms with Crippen LogP contribution in [0.5, 0.6) is 0 Å². The average Bonchev–Trinajstić information content (AvgIpc) is 2.74. The molecule has 180 valence electrons. The maximum absolute atomic E-state index is 12.3. The number of hydrogen-bond acceptors (Lipinski definition) is 3. The number of carboxylic acid groups (broad SMARTS) is 1. The maximum Gasteiger partial charge on any atom is 0.306 e. The van der Waals surface area contributed by atoms with Crippen LogP contribution >= 0.6 is 0 Å². The number of ether oxygens (including phenoxy) is 1. The molecule has 0 bridgehead atoms. The Bertz CT molecular complexity index is 482. The molecule has 1 atom stereocenters. The van der Waals surface area contributed by atoms with E-state index in [0.29, 0.717) is 6.42 Å². The summed E-state index contributed by atoms with van der Waals surface area (Å²) in [5.74, 6) is -0.812. The molecule has 1 unspecified atom stereocenters. The molecule has 0 saturated carbocycles. The van der Waals surface area contributed by atoms with Gasteiger partial charge < -0.3 is 9.84 Å². The molecule has 4 nitrogen and oxygen atoms in total. The van der Waals surface area contributed by atoms with E-state index in [4.69, 9.17) is 9.84 Å². The summed E-state index contributed by atoms with van der Waals surface area (Å²) < 4.78 is 5.73. The van der Waals surface area contributed by atoms with E-state index in [-0.39, 0.29) is 18.5 Å². The second kappa shape index (κ2) is 23.1. The highest BCUT2D eigenvalue weighted by atomic mass is 16.5. The summed E-state index contributed by atoms with van der Waals surface area (Å²) in [5, 5.41) is 8.70. The smallest absolute Gasteiger partial charge is 0.306 e. The number of unbranched alkanes of at least 4 members (excludes halogenated alkanes) is 11. The largest absolute Gasteiger partial charge is 0.481 e. The van der Waals surface area contributed by atoms with Crippen molar-refractivity contribution in [2.75, 3.05) is 0 Å². The fourth-order valence-corrected chi connectivity index (χ4v) is 3.43. The number of carbonyl (C=O) groups excluding carboxylic acids is 1. The van der Waals surface area contributed by atoms with Gasteiger partial charge in [-0.2, -0.15) is 0 Å². The molecular weight excluding hydrogens is 388 g/mol. The molecule has 0 aliphatic heterocycles.